The van der Waals surface area contributed by atoms with E-state index in [1.54, 1.807) is 0 Å². The number of rotatable bonds is 3. The van der Waals surface area contributed by atoms with E-state index in [0.717, 1.165) is 5.92 Å². The summed E-state index contributed by atoms with van der Waals surface area (Å²) in [6.07, 6.45) is 4.07. The predicted molar refractivity (Wildman–Crippen MR) is 58.5 cm³/mol. The number of aliphatic hydroxyl groups is 1. The fourth-order valence-electron chi connectivity index (χ4n) is 1.97. The maximum Gasteiger partial charge on any atom is 0.0497 e. The van der Waals surface area contributed by atoms with E-state index >= 15 is 0 Å². The van der Waals surface area contributed by atoms with Crippen LogP contribution >= 0.6 is 0 Å². The number of aliphatic hydroxyl groups excluding tert-OH is 1. The van der Waals surface area contributed by atoms with Crippen molar-refractivity contribution in [2.24, 2.45) is 0 Å². The van der Waals surface area contributed by atoms with E-state index in [-0.39, 0.29) is 12.5 Å². The average molecular weight is 190 g/mol. The molecule has 0 heterocycles. The van der Waals surface area contributed by atoms with Crippen LogP contribution in [0.2, 0.25) is 0 Å². The van der Waals surface area contributed by atoms with Gasteiger partial charge in [0.25, 0.3) is 0 Å². The Hall–Kier alpha value is -0.820. The van der Waals surface area contributed by atoms with Crippen LogP contribution in [0, 0.1) is 0 Å². The highest BCUT2D eigenvalue weighted by atomic mass is 16.3. The molecule has 1 aromatic rings. The summed E-state index contributed by atoms with van der Waals surface area (Å²) in [5, 5.41) is 9.09. The van der Waals surface area contributed by atoms with Gasteiger partial charge in [-0.2, -0.15) is 0 Å². The Balaban J connectivity index is 2.17. The summed E-state index contributed by atoms with van der Waals surface area (Å²) < 4.78 is 0. The maximum absolute atomic E-state index is 9.09. The summed E-state index contributed by atoms with van der Waals surface area (Å²) in [6, 6.07) is 8.72. The Bertz CT molecular complexity index is 282. The van der Waals surface area contributed by atoms with Gasteiger partial charge in [-0.05, 0) is 29.9 Å². The molecule has 0 aromatic heterocycles. The van der Waals surface area contributed by atoms with Gasteiger partial charge in [0, 0.05) is 12.5 Å². The van der Waals surface area contributed by atoms with Gasteiger partial charge in [-0.1, -0.05) is 37.6 Å². The third-order valence-corrected chi connectivity index (χ3v) is 3.33. The van der Waals surface area contributed by atoms with Crippen molar-refractivity contribution in [3.05, 3.63) is 35.4 Å². The second-order valence-electron chi connectivity index (χ2n) is 4.38. The highest BCUT2D eigenvalue weighted by molar-refractivity contribution is 5.29. The lowest BCUT2D eigenvalue weighted by Gasteiger charge is -2.26. The highest BCUT2D eigenvalue weighted by Gasteiger charge is 2.19. The van der Waals surface area contributed by atoms with Crippen LogP contribution in [0.3, 0.4) is 0 Å². The minimum Gasteiger partial charge on any atom is -0.396 e. The number of hydrogen-bond donors (Lipinski definition) is 1. The van der Waals surface area contributed by atoms with Gasteiger partial charge in [-0.25, -0.2) is 0 Å². The summed E-state index contributed by atoms with van der Waals surface area (Å²) in [5.74, 6) is 1.07. The molecule has 0 aliphatic heterocycles. The van der Waals surface area contributed by atoms with Gasteiger partial charge < -0.3 is 5.11 Å². The summed E-state index contributed by atoms with van der Waals surface area (Å²) in [4.78, 5) is 0. The molecule has 1 nitrogen and oxygen atoms in total. The van der Waals surface area contributed by atoms with Crippen LogP contribution < -0.4 is 0 Å². The Kier molecular flexibility index (Phi) is 2.87. The van der Waals surface area contributed by atoms with Crippen LogP contribution in [0.25, 0.3) is 0 Å². The first-order valence-electron chi connectivity index (χ1n) is 5.52. The maximum atomic E-state index is 9.09. The van der Waals surface area contributed by atoms with Crippen molar-refractivity contribution in [1.82, 2.24) is 0 Å². The second-order valence-corrected chi connectivity index (χ2v) is 4.38. The van der Waals surface area contributed by atoms with E-state index in [4.69, 9.17) is 5.11 Å². The minimum absolute atomic E-state index is 0.244. The van der Waals surface area contributed by atoms with Crippen LogP contribution in [0.1, 0.15) is 49.1 Å². The standard InChI is InChI=1S/C13H18O/c1-10(9-14)12-6-3-7-13(8-12)11-4-2-5-11/h3,6-8,10-11,14H,2,4-5,9H2,1H3. The van der Waals surface area contributed by atoms with E-state index in [9.17, 15) is 0 Å². The van der Waals surface area contributed by atoms with Gasteiger partial charge in [0.1, 0.15) is 0 Å². The Morgan fingerprint density at radius 1 is 1.43 bits per heavy atom. The van der Waals surface area contributed by atoms with Crippen molar-refractivity contribution in [2.45, 2.75) is 38.0 Å². The molecule has 0 radical (unpaired) electrons. The molecule has 1 fully saturated rings. The number of benzene rings is 1. The first kappa shape index (κ1) is 9.72. The van der Waals surface area contributed by atoms with Crippen molar-refractivity contribution in [1.29, 1.82) is 0 Å². The molecule has 0 bridgehead atoms. The lowest BCUT2D eigenvalue weighted by atomic mass is 9.79. The number of hydrogen-bond acceptors (Lipinski definition) is 1. The molecule has 1 heteroatoms. The van der Waals surface area contributed by atoms with Crippen LogP contribution in [-0.4, -0.2) is 11.7 Å². The molecular formula is C13H18O. The molecule has 0 saturated heterocycles. The largest absolute Gasteiger partial charge is 0.396 e. The van der Waals surface area contributed by atoms with Crippen molar-refractivity contribution in [3.8, 4) is 0 Å². The molecule has 1 atom stereocenters. The fourth-order valence-corrected chi connectivity index (χ4v) is 1.97. The van der Waals surface area contributed by atoms with Crippen LogP contribution in [0.4, 0.5) is 0 Å². The lowest BCUT2D eigenvalue weighted by Crippen LogP contribution is -2.09. The topological polar surface area (TPSA) is 20.2 Å². The van der Waals surface area contributed by atoms with E-state index in [1.165, 1.54) is 30.4 Å². The Morgan fingerprint density at radius 2 is 2.21 bits per heavy atom. The zero-order chi connectivity index (χ0) is 9.97. The van der Waals surface area contributed by atoms with Crippen molar-refractivity contribution in [3.63, 3.8) is 0 Å². The molecule has 1 unspecified atom stereocenters. The third-order valence-electron chi connectivity index (χ3n) is 3.33. The van der Waals surface area contributed by atoms with E-state index in [1.807, 2.05) is 0 Å². The zero-order valence-electron chi connectivity index (χ0n) is 8.74. The van der Waals surface area contributed by atoms with Gasteiger partial charge in [-0.15, -0.1) is 0 Å². The summed E-state index contributed by atoms with van der Waals surface area (Å²) in [6.45, 7) is 2.31. The molecule has 14 heavy (non-hydrogen) atoms. The van der Waals surface area contributed by atoms with Crippen LogP contribution in [-0.2, 0) is 0 Å². The fraction of sp³-hybridized carbons (Fsp3) is 0.538. The predicted octanol–water partition coefficient (Wildman–Crippen LogP) is 3.05. The van der Waals surface area contributed by atoms with Crippen LogP contribution in [0.15, 0.2) is 24.3 Å². The molecule has 2 rings (SSSR count). The van der Waals surface area contributed by atoms with Crippen LogP contribution in [0.5, 0.6) is 0 Å². The third kappa shape index (κ3) is 1.83. The minimum atomic E-state index is 0.244. The molecule has 1 aromatic carbocycles. The molecule has 1 saturated carbocycles. The summed E-state index contributed by atoms with van der Waals surface area (Å²) in [5.41, 5.74) is 2.74. The van der Waals surface area contributed by atoms with E-state index < -0.39 is 0 Å². The normalized spacial score (nSPS) is 19.0. The van der Waals surface area contributed by atoms with Crippen molar-refractivity contribution >= 4 is 0 Å². The van der Waals surface area contributed by atoms with E-state index in [2.05, 4.69) is 31.2 Å². The molecular weight excluding hydrogens is 172 g/mol. The first-order chi connectivity index (χ1) is 6.81. The van der Waals surface area contributed by atoms with Crippen molar-refractivity contribution < 1.29 is 5.11 Å². The van der Waals surface area contributed by atoms with Gasteiger partial charge in [0.2, 0.25) is 0 Å². The quantitative estimate of drug-likeness (QED) is 0.776. The molecule has 0 spiro atoms. The Labute approximate surface area is 85.8 Å². The summed E-state index contributed by atoms with van der Waals surface area (Å²) in [7, 11) is 0. The van der Waals surface area contributed by atoms with E-state index in [0.29, 0.717) is 0 Å². The molecule has 76 valence electrons. The average Bonchev–Trinajstić information content (AvgIpc) is 2.14. The first-order valence-corrected chi connectivity index (χ1v) is 5.52. The zero-order valence-corrected chi connectivity index (χ0v) is 8.74. The molecule has 0 amide bonds. The summed E-state index contributed by atoms with van der Waals surface area (Å²) >= 11 is 0. The van der Waals surface area contributed by atoms with Gasteiger partial charge >= 0.3 is 0 Å². The SMILES string of the molecule is CC(CO)c1cccc(C2CCC2)c1. The van der Waals surface area contributed by atoms with Crippen molar-refractivity contribution in [2.75, 3.05) is 6.61 Å². The lowest BCUT2D eigenvalue weighted by molar-refractivity contribution is 0.273. The molecule has 1 N–H and O–H groups in total. The second kappa shape index (κ2) is 4.14. The van der Waals surface area contributed by atoms with Gasteiger partial charge in [-0.3, -0.25) is 0 Å². The highest BCUT2D eigenvalue weighted by Crippen LogP contribution is 2.37. The van der Waals surface area contributed by atoms with Gasteiger partial charge in [0.15, 0.2) is 0 Å². The monoisotopic (exact) mass is 190 g/mol. The molecule has 1 aliphatic carbocycles. The molecule has 1 aliphatic rings. The van der Waals surface area contributed by atoms with Gasteiger partial charge in [0.05, 0.1) is 0 Å². The Morgan fingerprint density at radius 3 is 2.79 bits per heavy atom. The smallest absolute Gasteiger partial charge is 0.0497 e.